The number of hydrogen-bond donors (Lipinski definition) is 3. The number of methoxy groups -OCH3 is 1. The van der Waals surface area contributed by atoms with E-state index >= 15 is 0 Å². The first-order valence-corrected chi connectivity index (χ1v) is 9.98. The third kappa shape index (κ3) is 7.18. The van der Waals surface area contributed by atoms with Crippen molar-refractivity contribution in [3.8, 4) is 11.5 Å². The van der Waals surface area contributed by atoms with Gasteiger partial charge in [-0.15, -0.1) is 0 Å². The Bertz CT molecular complexity index is 1010. The largest absolute Gasteiger partial charge is 0.497 e. The van der Waals surface area contributed by atoms with E-state index in [0.717, 1.165) is 22.7 Å². The number of hydrogen-bond acceptors (Lipinski definition) is 7. The van der Waals surface area contributed by atoms with Crippen molar-refractivity contribution < 1.29 is 14.3 Å². The quantitative estimate of drug-likeness (QED) is 0.431. The molecule has 3 N–H and O–H groups in total. The average molecular weight is 422 g/mol. The summed E-state index contributed by atoms with van der Waals surface area (Å²) in [6.07, 6.45) is 0. The highest BCUT2D eigenvalue weighted by molar-refractivity contribution is 5.77. The van der Waals surface area contributed by atoms with E-state index in [4.69, 9.17) is 9.47 Å². The minimum Gasteiger partial charge on any atom is -0.497 e. The first-order chi connectivity index (χ1) is 15.0. The van der Waals surface area contributed by atoms with Crippen LogP contribution in [0.3, 0.4) is 0 Å². The number of aryl methyl sites for hydroxylation is 2. The first kappa shape index (κ1) is 21.9. The van der Waals surface area contributed by atoms with Gasteiger partial charge in [0, 0.05) is 30.5 Å². The van der Waals surface area contributed by atoms with Crippen molar-refractivity contribution in [3.05, 3.63) is 65.9 Å². The maximum atomic E-state index is 12.0. The highest BCUT2D eigenvalue weighted by atomic mass is 16.5. The van der Waals surface area contributed by atoms with Gasteiger partial charge < -0.3 is 25.4 Å². The van der Waals surface area contributed by atoms with Gasteiger partial charge in [0.25, 0.3) is 5.91 Å². The van der Waals surface area contributed by atoms with Gasteiger partial charge >= 0.3 is 0 Å². The number of rotatable bonds is 10. The molecule has 0 spiro atoms. The molecule has 0 fully saturated rings. The van der Waals surface area contributed by atoms with Gasteiger partial charge in [-0.3, -0.25) is 4.79 Å². The zero-order chi connectivity index (χ0) is 22.1. The van der Waals surface area contributed by atoms with Gasteiger partial charge in [-0.2, -0.15) is 4.98 Å². The molecule has 8 heteroatoms. The Morgan fingerprint density at radius 1 is 0.968 bits per heavy atom. The van der Waals surface area contributed by atoms with Crippen LogP contribution >= 0.6 is 0 Å². The predicted octanol–water partition coefficient (Wildman–Crippen LogP) is 3.45. The molecule has 0 unspecified atom stereocenters. The van der Waals surface area contributed by atoms with Crippen LogP contribution in [0.1, 0.15) is 11.3 Å². The molecule has 1 amide bonds. The molecular formula is C23H27N5O3. The molecule has 0 saturated carbocycles. The second-order valence-corrected chi connectivity index (χ2v) is 6.95. The summed E-state index contributed by atoms with van der Waals surface area (Å²) in [6.45, 7) is 4.76. The first-order valence-electron chi connectivity index (χ1n) is 9.98. The Labute approximate surface area is 182 Å². The number of ether oxygens (including phenoxy) is 2. The number of nitrogens with zero attached hydrogens (tertiary/aromatic N) is 2. The SMILES string of the molecule is COc1ccc(Nc2cc(C)nc(NCCNC(=O)COc3cccc(C)c3)n2)cc1. The molecule has 3 rings (SSSR count). The van der Waals surface area contributed by atoms with Crippen LogP contribution in [0.15, 0.2) is 54.6 Å². The molecule has 0 aliphatic rings. The molecule has 3 aromatic rings. The number of benzene rings is 2. The van der Waals surface area contributed by atoms with Gasteiger partial charge in [-0.25, -0.2) is 4.98 Å². The van der Waals surface area contributed by atoms with Gasteiger partial charge in [0.05, 0.1) is 7.11 Å². The molecule has 1 aromatic heterocycles. The summed E-state index contributed by atoms with van der Waals surface area (Å²) in [7, 11) is 1.63. The summed E-state index contributed by atoms with van der Waals surface area (Å²) < 4.78 is 10.7. The molecular weight excluding hydrogens is 394 g/mol. The zero-order valence-corrected chi connectivity index (χ0v) is 17.9. The lowest BCUT2D eigenvalue weighted by Gasteiger charge is -2.11. The zero-order valence-electron chi connectivity index (χ0n) is 17.9. The number of aromatic nitrogens is 2. The number of carbonyl (C=O) groups excluding carboxylic acids is 1. The lowest BCUT2D eigenvalue weighted by atomic mass is 10.2. The molecule has 0 aliphatic carbocycles. The second kappa shape index (κ2) is 10.8. The standard InChI is InChI=1S/C23H27N5O3/c1-16-5-4-6-20(13-16)31-15-22(29)24-11-12-25-23-26-17(2)14-21(28-23)27-18-7-9-19(30-3)10-8-18/h4-10,13-14H,11-12,15H2,1-3H3,(H,24,29)(H2,25,26,27,28). The summed E-state index contributed by atoms with van der Waals surface area (Å²) >= 11 is 0. The van der Waals surface area contributed by atoms with E-state index < -0.39 is 0 Å². The van der Waals surface area contributed by atoms with Gasteiger partial charge in [0.2, 0.25) is 5.95 Å². The van der Waals surface area contributed by atoms with Crippen molar-refractivity contribution in [1.82, 2.24) is 15.3 Å². The van der Waals surface area contributed by atoms with Gasteiger partial charge in [-0.1, -0.05) is 12.1 Å². The van der Waals surface area contributed by atoms with Crippen molar-refractivity contribution in [2.75, 3.05) is 37.4 Å². The molecule has 162 valence electrons. The molecule has 0 bridgehead atoms. The van der Waals surface area contributed by atoms with Crippen LogP contribution in [0.4, 0.5) is 17.5 Å². The van der Waals surface area contributed by atoms with Crippen molar-refractivity contribution in [2.45, 2.75) is 13.8 Å². The number of anilines is 3. The van der Waals surface area contributed by atoms with E-state index in [1.807, 2.05) is 68.4 Å². The average Bonchev–Trinajstić information content (AvgIpc) is 2.75. The molecule has 0 aliphatic heterocycles. The van der Waals surface area contributed by atoms with E-state index in [-0.39, 0.29) is 12.5 Å². The Kier molecular flexibility index (Phi) is 7.64. The monoisotopic (exact) mass is 421 g/mol. The highest BCUT2D eigenvalue weighted by Gasteiger charge is 2.05. The summed E-state index contributed by atoms with van der Waals surface area (Å²) in [6, 6.07) is 17.0. The highest BCUT2D eigenvalue weighted by Crippen LogP contribution is 2.20. The maximum absolute atomic E-state index is 12.0. The molecule has 2 aromatic carbocycles. The third-order valence-electron chi connectivity index (χ3n) is 4.31. The summed E-state index contributed by atoms with van der Waals surface area (Å²) in [5.41, 5.74) is 2.80. The fourth-order valence-electron chi connectivity index (χ4n) is 2.82. The Morgan fingerprint density at radius 2 is 1.77 bits per heavy atom. The minimum atomic E-state index is -0.185. The minimum absolute atomic E-state index is 0.0275. The van der Waals surface area contributed by atoms with E-state index in [2.05, 4.69) is 25.9 Å². The summed E-state index contributed by atoms with van der Waals surface area (Å²) in [4.78, 5) is 20.8. The van der Waals surface area contributed by atoms with E-state index in [0.29, 0.717) is 30.6 Å². The van der Waals surface area contributed by atoms with E-state index in [1.165, 1.54) is 0 Å². The maximum Gasteiger partial charge on any atom is 0.258 e. The van der Waals surface area contributed by atoms with Crippen molar-refractivity contribution in [2.24, 2.45) is 0 Å². The third-order valence-corrected chi connectivity index (χ3v) is 4.31. The Hall–Kier alpha value is -3.81. The van der Waals surface area contributed by atoms with Gasteiger partial charge in [-0.05, 0) is 55.8 Å². The molecule has 1 heterocycles. The Balaban J connectivity index is 1.44. The van der Waals surface area contributed by atoms with Crippen LogP contribution < -0.4 is 25.4 Å². The normalized spacial score (nSPS) is 10.3. The molecule has 0 radical (unpaired) electrons. The fourth-order valence-corrected chi connectivity index (χ4v) is 2.82. The van der Waals surface area contributed by atoms with Crippen LogP contribution in [0.25, 0.3) is 0 Å². The predicted molar refractivity (Wildman–Crippen MR) is 121 cm³/mol. The van der Waals surface area contributed by atoms with Crippen molar-refractivity contribution in [3.63, 3.8) is 0 Å². The van der Waals surface area contributed by atoms with Crippen LogP contribution in [-0.4, -0.2) is 42.7 Å². The molecule has 0 atom stereocenters. The van der Waals surface area contributed by atoms with E-state index in [1.54, 1.807) is 7.11 Å². The van der Waals surface area contributed by atoms with Crippen LogP contribution in [-0.2, 0) is 4.79 Å². The smallest absolute Gasteiger partial charge is 0.258 e. The summed E-state index contributed by atoms with van der Waals surface area (Å²) in [5.74, 6) is 2.45. The van der Waals surface area contributed by atoms with Crippen molar-refractivity contribution >= 4 is 23.4 Å². The molecule has 31 heavy (non-hydrogen) atoms. The lowest BCUT2D eigenvalue weighted by Crippen LogP contribution is -2.32. The number of nitrogens with one attached hydrogen (secondary N) is 3. The topological polar surface area (TPSA) is 97.4 Å². The number of amides is 1. The molecule has 0 saturated heterocycles. The number of carbonyl (C=O) groups is 1. The Morgan fingerprint density at radius 3 is 2.52 bits per heavy atom. The van der Waals surface area contributed by atoms with Crippen LogP contribution in [0, 0.1) is 13.8 Å². The van der Waals surface area contributed by atoms with Gasteiger partial charge in [0.15, 0.2) is 6.61 Å². The fraction of sp³-hybridized carbons (Fsp3) is 0.261. The van der Waals surface area contributed by atoms with E-state index in [9.17, 15) is 4.79 Å². The molecule has 8 nitrogen and oxygen atoms in total. The lowest BCUT2D eigenvalue weighted by molar-refractivity contribution is -0.123. The van der Waals surface area contributed by atoms with Crippen molar-refractivity contribution in [1.29, 1.82) is 0 Å². The van der Waals surface area contributed by atoms with Crippen LogP contribution in [0.2, 0.25) is 0 Å². The summed E-state index contributed by atoms with van der Waals surface area (Å²) in [5, 5.41) is 9.19. The van der Waals surface area contributed by atoms with Crippen LogP contribution in [0.5, 0.6) is 11.5 Å². The second-order valence-electron chi connectivity index (χ2n) is 6.95. The van der Waals surface area contributed by atoms with Gasteiger partial charge in [0.1, 0.15) is 17.3 Å².